The van der Waals surface area contributed by atoms with Crippen LogP contribution in [-0.4, -0.2) is 18.5 Å². The fourth-order valence-electron chi connectivity index (χ4n) is 2.52. The summed E-state index contributed by atoms with van der Waals surface area (Å²) in [5.41, 5.74) is 0.0420. The minimum Gasteiger partial charge on any atom is -0.484 e. The normalized spacial score (nSPS) is 19.0. The molecule has 0 saturated carbocycles. The Labute approximate surface area is 130 Å². The number of likely N-dealkylation sites (N-methyl/N-ethyl adjacent to an activating group) is 1. The number of ether oxygens (including phenoxy) is 1. The van der Waals surface area contributed by atoms with E-state index in [1.54, 1.807) is 6.26 Å². The lowest BCUT2D eigenvalue weighted by atomic mass is 10.1. The van der Waals surface area contributed by atoms with Crippen molar-refractivity contribution in [2.45, 2.75) is 18.8 Å². The summed E-state index contributed by atoms with van der Waals surface area (Å²) < 4.78 is 49.3. The maximum Gasteiger partial charge on any atom is 0.417 e. The van der Waals surface area contributed by atoms with E-state index in [0.717, 1.165) is 17.4 Å². The molecule has 1 aliphatic heterocycles. The highest BCUT2D eigenvalue weighted by molar-refractivity contribution is 6.31. The quantitative estimate of drug-likeness (QED) is 0.809. The SMILES string of the molecule is CN1Cc2occc2C(Oc2ccc(C(F)(F)F)c(Cl)c2)C1. The Hall–Kier alpha value is -1.66. The third-order valence-corrected chi connectivity index (χ3v) is 3.85. The van der Waals surface area contributed by atoms with Gasteiger partial charge in [-0.05, 0) is 31.3 Å². The van der Waals surface area contributed by atoms with E-state index < -0.39 is 11.7 Å². The van der Waals surface area contributed by atoms with Crippen molar-refractivity contribution >= 4 is 11.6 Å². The highest BCUT2D eigenvalue weighted by Crippen LogP contribution is 2.38. The van der Waals surface area contributed by atoms with E-state index in [-0.39, 0.29) is 11.1 Å². The van der Waals surface area contributed by atoms with Gasteiger partial charge in [0.2, 0.25) is 0 Å². The van der Waals surface area contributed by atoms with Crippen LogP contribution in [0.15, 0.2) is 34.9 Å². The molecular formula is C15H13ClF3NO2. The van der Waals surface area contributed by atoms with Crippen LogP contribution >= 0.6 is 11.6 Å². The van der Waals surface area contributed by atoms with Gasteiger partial charge in [0.05, 0.1) is 23.4 Å². The third kappa shape index (κ3) is 2.94. The average molecular weight is 332 g/mol. The Balaban J connectivity index is 1.84. The van der Waals surface area contributed by atoms with Crippen LogP contribution in [0, 0.1) is 0 Å². The maximum atomic E-state index is 12.7. The molecule has 0 amide bonds. The van der Waals surface area contributed by atoms with Crippen molar-refractivity contribution < 1.29 is 22.3 Å². The molecule has 0 radical (unpaired) electrons. The van der Waals surface area contributed by atoms with Gasteiger partial charge >= 0.3 is 6.18 Å². The largest absolute Gasteiger partial charge is 0.484 e. The molecule has 3 rings (SSSR count). The highest BCUT2D eigenvalue weighted by Gasteiger charge is 2.33. The first kappa shape index (κ1) is 15.2. The smallest absolute Gasteiger partial charge is 0.417 e. The summed E-state index contributed by atoms with van der Waals surface area (Å²) in [7, 11) is 1.92. The van der Waals surface area contributed by atoms with Crippen LogP contribution in [0.3, 0.4) is 0 Å². The first-order valence-electron chi connectivity index (χ1n) is 6.63. The molecule has 0 saturated heterocycles. The summed E-state index contributed by atoms with van der Waals surface area (Å²) in [6, 6.07) is 5.22. The van der Waals surface area contributed by atoms with Gasteiger partial charge in [0.15, 0.2) is 0 Å². The number of nitrogens with zero attached hydrogens (tertiary/aromatic N) is 1. The average Bonchev–Trinajstić information content (AvgIpc) is 2.85. The molecular weight excluding hydrogens is 319 g/mol. The lowest BCUT2D eigenvalue weighted by Crippen LogP contribution is -2.32. The van der Waals surface area contributed by atoms with Gasteiger partial charge in [0.25, 0.3) is 0 Å². The summed E-state index contributed by atoms with van der Waals surface area (Å²) >= 11 is 5.71. The van der Waals surface area contributed by atoms with Gasteiger partial charge in [-0.25, -0.2) is 0 Å². The van der Waals surface area contributed by atoms with Crippen molar-refractivity contribution in [1.82, 2.24) is 4.90 Å². The molecule has 118 valence electrons. The first-order valence-corrected chi connectivity index (χ1v) is 7.00. The predicted molar refractivity (Wildman–Crippen MR) is 74.9 cm³/mol. The van der Waals surface area contributed by atoms with Crippen LogP contribution in [0.2, 0.25) is 5.02 Å². The Kier molecular flexibility index (Phi) is 3.82. The minimum atomic E-state index is -4.47. The molecule has 0 bridgehead atoms. The number of halogens is 4. The molecule has 0 N–H and O–H groups in total. The van der Waals surface area contributed by atoms with Crippen LogP contribution in [0.1, 0.15) is 23.0 Å². The highest BCUT2D eigenvalue weighted by atomic mass is 35.5. The summed E-state index contributed by atoms with van der Waals surface area (Å²) in [5.74, 6) is 1.10. The van der Waals surface area contributed by atoms with Crippen LogP contribution in [0.5, 0.6) is 5.75 Å². The van der Waals surface area contributed by atoms with Gasteiger partial charge in [-0.3, -0.25) is 4.90 Å². The lowest BCUT2D eigenvalue weighted by Gasteiger charge is -2.29. The van der Waals surface area contributed by atoms with E-state index >= 15 is 0 Å². The van der Waals surface area contributed by atoms with Crippen molar-refractivity contribution in [3.8, 4) is 5.75 Å². The monoisotopic (exact) mass is 331 g/mol. The maximum absolute atomic E-state index is 12.7. The van der Waals surface area contributed by atoms with Crippen molar-refractivity contribution in [1.29, 1.82) is 0 Å². The van der Waals surface area contributed by atoms with Gasteiger partial charge in [0.1, 0.15) is 17.6 Å². The third-order valence-electron chi connectivity index (χ3n) is 3.54. The molecule has 1 atom stereocenters. The zero-order valence-corrected chi connectivity index (χ0v) is 12.4. The zero-order chi connectivity index (χ0) is 15.9. The number of hydrogen-bond donors (Lipinski definition) is 0. The van der Waals surface area contributed by atoms with E-state index in [9.17, 15) is 13.2 Å². The predicted octanol–water partition coefficient (Wildman–Crippen LogP) is 4.52. The van der Waals surface area contributed by atoms with Crippen LogP contribution < -0.4 is 4.74 Å². The number of benzene rings is 1. The Morgan fingerprint density at radius 1 is 1.32 bits per heavy atom. The standard InChI is InChI=1S/C15H13ClF3NO2/c1-20-7-13-10(4-5-21-13)14(8-20)22-9-2-3-11(12(16)6-9)15(17,18)19/h2-6,14H,7-8H2,1H3. The summed E-state index contributed by atoms with van der Waals surface area (Å²) in [4.78, 5) is 2.02. The second-order valence-electron chi connectivity index (χ2n) is 5.24. The molecule has 3 nitrogen and oxygen atoms in total. The molecule has 0 spiro atoms. The van der Waals surface area contributed by atoms with Gasteiger partial charge in [-0.15, -0.1) is 0 Å². The molecule has 2 heterocycles. The second-order valence-corrected chi connectivity index (χ2v) is 5.65. The molecule has 7 heteroatoms. The van der Waals surface area contributed by atoms with E-state index in [1.807, 2.05) is 18.0 Å². The Morgan fingerprint density at radius 3 is 2.77 bits per heavy atom. The number of rotatable bonds is 2. The summed E-state index contributed by atoms with van der Waals surface area (Å²) in [5, 5.41) is -0.374. The molecule has 1 aliphatic rings. The van der Waals surface area contributed by atoms with Gasteiger partial charge in [-0.2, -0.15) is 13.2 Å². The molecule has 1 unspecified atom stereocenters. The van der Waals surface area contributed by atoms with Crippen molar-refractivity contribution in [3.05, 3.63) is 52.4 Å². The van der Waals surface area contributed by atoms with E-state index in [2.05, 4.69) is 0 Å². The Bertz CT molecular complexity index is 684. The topological polar surface area (TPSA) is 25.6 Å². The van der Waals surface area contributed by atoms with E-state index in [4.69, 9.17) is 20.8 Å². The molecule has 22 heavy (non-hydrogen) atoms. The molecule has 0 fully saturated rings. The van der Waals surface area contributed by atoms with Crippen molar-refractivity contribution in [3.63, 3.8) is 0 Å². The number of fused-ring (bicyclic) bond motifs is 1. The van der Waals surface area contributed by atoms with Crippen LogP contribution in [0.4, 0.5) is 13.2 Å². The summed E-state index contributed by atoms with van der Waals surface area (Å²) in [6.07, 6.45) is -3.20. The number of hydrogen-bond acceptors (Lipinski definition) is 3. The Morgan fingerprint density at radius 2 is 2.09 bits per heavy atom. The van der Waals surface area contributed by atoms with Crippen molar-refractivity contribution in [2.75, 3.05) is 13.6 Å². The number of alkyl halides is 3. The fourth-order valence-corrected chi connectivity index (χ4v) is 2.80. The molecule has 1 aromatic carbocycles. The van der Waals surface area contributed by atoms with Crippen LogP contribution in [-0.2, 0) is 12.7 Å². The fraction of sp³-hybridized carbons (Fsp3) is 0.333. The number of furan rings is 1. The lowest BCUT2D eigenvalue weighted by molar-refractivity contribution is -0.137. The minimum absolute atomic E-state index is 0.297. The molecule has 2 aromatic rings. The van der Waals surface area contributed by atoms with Gasteiger partial charge < -0.3 is 9.15 Å². The second kappa shape index (κ2) is 5.52. The summed E-state index contributed by atoms with van der Waals surface area (Å²) in [6.45, 7) is 1.29. The molecule has 0 aliphatic carbocycles. The van der Waals surface area contributed by atoms with Gasteiger partial charge in [-0.1, -0.05) is 11.6 Å². The zero-order valence-electron chi connectivity index (χ0n) is 11.7. The first-order chi connectivity index (χ1) is 10.3. The van der Waals surface area contributed by atoms with Crippen molar-refractivity contribution in [2.24, 2.45) is 0 Å². The van der Waals surface area contributed by atoms with Gasteiger partial charge in [0, 0.05) is 12.1 Å². The molecule has 1 aromatic heterocycles. The van der Waals surface area contributed by atoms with E-state index in [1.165, 1.54) is 12.1 Å². The van der Waals surface area contributed by atoms with E-state index in [0.29, 0.717) is 18.8 Å². The van der Waals surface area contributed by atoms with Crippen LogP contribution in [0.25, 0.3) is 0 Å².